The molecule has 98 valence electrons. The number of carbonyl (C=O) groups excluding carboxylic acids is 1. The molecule has 2 rings (SSSR count). The summed E-state index contributed by atoms with van der Waals surface area (Å²) in [5, 5.41) is 2.74. The van der Waals surface area contributed by atoms with Gasteiger partial charge in [0.05, 0.1) is 0 Å². The Morgan fingerprint density at radius 3 is 2.63 bits per heavy atom. The van der Waals surface area contributed by atoms with Gasteiger partial charge < -0.3 is 5.32 Å². The van der Waals surface area contributed by atoms with Gasteiger partial charge >= 0.3 is 0 Å². The lowest BCUT2D eigenvalue weighted by atomic mass is 10.1. The van der Waals surface area contributed by atoms with Crippen molar-refractivity contribution in [2.75, 3.05) is 5.32 Å². The summed E-state index contributed by atoms with van der Waals surface area (Å²) >= 11 is 0. The fraction of sp³-hybridized carbons (Fsp3) is 0.188. The van der Waals surface area contributed by atoms with E-state index in [-0.39, 0.29) is 11.7 Å². The molecule has 0 aromatic heterocycles. The van der Waals surface area contributed by atoms with Gasteiger partial charge in [0.15, 0.2) is 0 Å². The zero-order valence-electron chi connectivity index (χ0n) is 10.8. The zero-order chi connectivity index (χ0) is 13.7. The second kappa shape index (κ2) is 6.14. The molecule has 0 radical (unpaired) electrons. The highest BCUT2D eigenvalue weighted by molar-refractivity contribution is 5.91. The van der Waals surface area contributed by atoms with Gasteiger partial charge in [0, 0.05) is 12.1 Å². The number of rotatable bonds is 4. The van der Waals surface area contributed by atoms with E-state index in [1.807, 2.05) is 37.3 Å². The van der Waals surface area contributed by atoms with Crippen molar-refractivity contribution in [2.24, 2.45) is 0 Å². The second-order valence-corrected chi connectivity index (χ2v) is 4.49. The highest BCUT2D eigenvalue weighted by atomic mass is 19.1. The number of hydrogen-bond donors (Lipinski definition) is 1. The van der Waals surface area contributed by atoms with Gasteiger partial charge in [-0.2, -0.15) is 0 Å². The quantitative estimate of drug-likeness (QED) is 0.889. The standard InChI is InChI=1S/C16H16FNO/c1-12-7-9-14(17)11-15(12)18-16(19)10-8-13-5-3-2-4-6-13/h2-7,9,11H,8,10H2,1H3,(H,18,19). The molecule has 0 aliphatic heterocycles. The Morgan fingerprint density at radius 1 is 1.16 bits per heavy atom. The Bertz CT molecular complexity index is 566. The van der Waals surface area contributed by atoms with E-state index in [0.717, 1.165) is 11.1 Å². The number of nitrogens with one attached hydrogen (secondary N) is 1. The van der Waals surface area contributed by atoms with Crippen LogP contribution in [0.2, 0.25) is 0 Å². The normalized spacial score (nSPS) is 10.2. The van der Waals surface area contributed by atoms with Crippen LogP contribution in [0.25, 0.3) is 0 Å². The summed E-state index contributed by atoms with van der Waals surface area (Å²) < 4.78 is 13.1. The molecule has 0 spiro atoms. The number of aryl methyl sites for hydroxylation is 2. The molecule has 2 nitrogen and oxygen atoms in total. The number of halogens is 1. The van der Waals surface area contributed by atoms with E-state index >= 15 is 0 Å². The summed E-state index contributed by atoms with van der Waals surface area (Å²) in [5.74, 6) is -0.443. The van der Waals surface area contributed by atoms with E-state index in [9.17, 15) is 9.18 Å². The predicted octanol–water partition coefficient (Wildman–Crippen LogP) is 3.71. The Kier molecular flexibility index (Phi) is 4.29. The molecule has 0 heterocycles. The lowest BCUT2D eigenvalue weighted by Crippen LogP contribution is -2.13. The summed E-state index contributed by atoms with van der Waals surface area (Å²) in [6, 6.07) is 14.2. The summed E-state index contributed by atoms with van der Waals surface area (Å²) in [7, 11) is 0. The van der Waals surface area contributed by atoms with E-state index in [2.05, 4.69) is 5.32 Å². The third kappa shape index (κ3) is 3.91. The molecule has 1 N–H and O–H groups in total. The number of amides is 1. The average Bonchev–Trinajstić information content (AvgIpc) is 2.42. The van der Waals surface area contributed by atoms with Gasteiger partial charge in [0.25, 0.3) is 0 Å². The minimum atomic E-state index is -0.344. The second-order valence-electron chi connectivity index (χ2n) is 4.49. The van der Waals surface area contributed by atoms with Gasteiger partial charge in [-0.3, -0.25) is 4.79 Å². The minimum Gasteiger partial charge on any atom is -0.326 e. The first-order valence-electron chi connectivity index (χ1n) is 6.25. The molecule has 1 amide bonds. The lowest BCUT2D eigenvalue weighted by molar-refractivity contribution is -0.116. The molecular formula is C16H16FNO. The molecule has 19 heavy (non-hydrogen) atoms. The van der Waals surface area contributed by atoms with Crippen molar-refractivity contribution in [3.8, 4) is 0 Å². The molecule has 0 fully saturated rings. The topological polar surface area (TPSA) is 29.1 Å². The summed E-state index contributed by atoms with van der Waals surface area (Å²) in [4.78, 5) is 11.8. The first kappa shape index (κ1) is 13.3. The van der Waals surface area contributed by atoms with Crippen LogP contribution in [0.15, 0.2) is 48.5 Å². The van der Waals surface area contributed by atoms with Crippen LogP contribution in [0.4, 0.5) is 10.1 Å². The third-order valence-electron chi connectivity index (χ3n) is 2.96. The van der Waals surface area contributed by atoms with Crippen LogP contribution in [-0.2, 0) is 11.2 Å². The van der Waals surface area contributed by atoms with Gasteiger partial charge in [0.2, 0.25) is 5.91 Å². The highest BCUT2D eigenvalue weighted by Crippen LogP contribution is 2.16. The molecule has 0 unspecified atom stereocenters. The molecule has 0 bridgehead atoms. The van der Waals surface area contributed by atoms with Crippen LogP contribution in [0.3, 0.4) is 0 Å². The fourth-order valence-electron chi connectivity index (χ4n) is 1.84. The van der Waals surface area contributed by atoms with Crippen LogP contribution >= 0.6 is 0 Å². The number of hydrogen-bond acceptors (Lipinski definition) is 1. The van der Waals surface area contributed by atoms with Crippen LogP contribution in [0.5, 0.6) is 0 Å². The van der Waals surface area contributed by atoms with Gasteiger partial charge in [0.1, 0.15) is 5.82 Å². The first-order chi connectivity index (χ1) is 9.15. The van der Waals surface area contributed by atoms with E-state index in [1.54, 1.807) is 6.07 Å². The van der Waals surface area contributed by atoms with Crippen molar-refractivity contribution >= 4 is 11.6 Å². The molecule has 2 aromatic rings. The van der Waals surface area contributed by atoms with Crippen molar-refractivity contribution in [3.63, 3.8) is 0 Å². The predicted molar refractivity (Wildman–Crippen MR) is 74.5 cm³/mol. The highest BCUT2D eigenvalue weighted by Gasteiger charge is 2.06. The van der Waals surface area contributed by atoms with Gasteiger partial charge in [-0.05, 0) is 36.6 Å². The monoisotopic (exact) mass is 257 g/mol. The zero-order valence-corrected chi connectivity index (χ0v) is 10.8. The Labute approximate surface area is 112 Å². The number of anilines is 1. The fourth-order valence-corrected chi connectivity index (χ4v) is 1.84. The van der Waals surface area contributed by atoms with Crippen LogP contribution in [-0.4, -0.2) is 5.91 Å². The molecule has 0 aliphatic carbocycles. The summed E-state index contributed by atoms with van der Waals surface area (Å²) in [6.45, 7) is 1.84. The van der Waals surface area contributed by atoms with Crippen molar-refractivity contribution in [3.05, 3.63) is 65.5 Å². The van der Waals surface area contributed by atoms with Crippen molar-refractivity contribution in [2.45, 2.75) is 19.8 Å². The van der Waals surface area contributed by atoms with Crippen molar-refractivity contribution < 1.29 is 9.18 Å². The number of carbonyl (C=O) groups is 1. The maximum absolute atomic E-state index is 13.1. The molecule has 2 aromatic carbocycles. The van der Waals surface area contributed by atoms with Crippen LogP contribution in [0.1, 0.15) is 17.5 Å². The van der Waals surface area contributed by atoms with Crippen LogP contribution < -0.4 is 5.32 Å². The van der Waals surface area contributed by atoms with Crippen molar-refractivity contribution in [1.82, 2.24) is 0 Å². The maximum atomic E-state index is 13.1. The molecule has 0 saturated heterocycles. The molecule has 0 saturated carbocycles. The van der Waals surface area contributed by atoms with Gasteiger partial charge in [-0.1, -0.05) is 36.4 Å². The Morgan fingerprint density at radius 2 is 1.89 bits per heavy atom. The first-order valence-corrected chi connectivity index (χ1v) is 6.25. The third-order valence-corrected chi connectivity index (χ3v) is 2.96. The minimum absolute atomic E-state index is 0.0995. The molecular weight excluding hydrogens is 241 g/mol. The van der Waals surface area contributed by atoms with E-state index in [4.69, 9.17) is 0 Å². The van der Waals surface area contributed by atoms with Crippen molar-refractivity contribution in [1.29, 1.82) is 0 Å². The SMILES string of the molecule is Cc1ccc(F)cc1NC(=O)CCc1ccccc1. The number of benzene rings is 2. The Balaban J connectivity index is 1.93. The van der Waals surface area contributed by atoms with Gasteiger partial charge in [-0.15, -0.1) is 0 Å². The molecule has 3 heteroatoms. The largest absolute Gasteiger partial charge is 0.326 e. The van der Waals surface area contributed by atoms with Crippen LogP contribution in [0, 0.1) is 12.7 Å². The lowest BCUT2D eigenvalue weighted by Gasteiger charge is -2.08. The van der Waals surface area contributed by atoms with E-state index in [1.165, 1.54) is 12.1 Å². The summed E-state index contributed by atoms with van der Waals surface area (Å²) in [6.07, 6.45) is 1.07. The summed E-state index contributed by atoms with van der Waals surface area (Å²) in [5.41, 5.74) is 2.51. The molecule has 0 atom stereocenters. The maximum Gasteiger partial charge on any atom is 0.224 e. The van der Waals surface area contributed by atoms with Gasteiger partial charge in [-0.25, -0.2) is 4.39 Å². The molecule has 0 aliphatic rings. The smallest absolute Gasteiger partial charge is 0.224 e. The van der Waals surface area contributed by atoms with E-state index in [0.29, 0.717) is 18.5 Å². The Hall–Kier alpha value is -2.16. The average molecular weight is 257 g/mol. The van der Waals surface area contributed by atoms with E-state index < -0.39 is 0 Å².